The van der Waals surface area contributed by atoms with Gasteiger partial charge in [0.1, 0.15) is 12.9 Å². The largest absolute Gasteiger partial charge is 0.480 e. The Kier molecular flexibility index (Phi) is 2.40. The van der Waals surface area contributed by atoms with E-state index in [0.717, 1.165) is 5.56 Å². The van der Waals surface area contributed by atoms with Crippen LogP contribution in [-0.4, -0.2) is 30.8 Å². The van der Waals surface area contributed by atoms with E-state index < -0.39 is 5.97 Å². The van der Waals surface area contributed by atoms with Crippen LogP contribution in [0.3, 0.4) is 0 Å². The second-order valence-electron chi connectivity index (χ2n) is 2.91. The third-order valence-corrected chi connectivity index (χ3v) is 1.86. The van der Waals surface area contributed by atoms with Crippen LogP contribution in [0.4, 0.5) is 0 Å². The molecule has 0 unspecified atom stereocenters. The normalized spacial score (nSPS) is 10.1. The van der Waals surface area contributed by atoms with Crippen molar-refractivity contribution in [3.05, 3.63) is 30.9 Å². The van der Waals surface area contributed by atoms with Crippen molar-refractivity contribution >= 4 is 5.97 Å². The third kappa shape index (κ3) is 1.98. The summed E-state index contributed by atoms with van der Waals surface area (Å²) in [7, 11) is 0. The zero-order valence-corrected chi connectivity index (χ0v) is 7.74. The van der Waals surface area contributed by atoms with Crippen molar-refractivity contribution in [2.75, 3.05) is 0 Å². The van der Waals surface area contributed by atoms with Gasteiger partial charge in [-0.1, -0.05) is 0 Å². The summed E-state index contributed by atoms with van der Waals surface area (Å²) in [4.78, 5) is 14.4. The van der Waals surface area contributed by atoms with E-state index >= 15 is 0 Å². The SMILES string of the molecule is O=C(O)Cn1cnnc1-c1ccncc1. The van der Waals surface area contributed by atoms with E-state index in [-0.39, 0.29) is 6.54 Å². The second-order valence-corrected chi connectivity index (χ2v) is 2.91. The summed E-state index contributed by atoms with van der Waals surface area (Å²) >= 11 is 0. The summed E-state index contributed by atoms with van der Waals surface area (Å²) in [5, 5.41) is 16.2. The number of aliphatic carboxylic acids is 1. The van der Waals surface area contributed by atoms with Crippen molar-refractivity contribution in [2.24, 2.45) is 0 Å². The lowest BCUT2D eigenvalue weighted by molar-refractivity contribution is -0.137. The van der Waals surface area contributed by atoms with E-state index in [2.05, 4.69) is 15.2 Å². The van der Waals surface area contributed by atoms with Gasteiger partial charge in [0.05, 0.1) is 0 Å². The van der Waals surface area contributed by atoms with Crippen LogP contribution in [-0.2, 0) is 11.3 Å². The molecule has 2 heterocycles. The molecule has 0 spiro atoms. The number of carboxylic acid groups (broad SMARTS) is 1. The zero-order chi connectivity index (χ0) is 10.7. The predicted molar refractivity (Wildman–Crippen MR) is 50.9 cm³/mol. The fourth-order valence-corrected chi connectivity index (χ4v) is 1.24. The van der Waals surface area contributed by atoms with Crippen molar-refractivity contribution in [3.63, 3.8) is 0 Å². The Bertz CT molecular complexity index is 466. The van der Waals surface area contributed by atoms with Crippen LogP contribution in [0.15, 0.2) is 30.9 Å². The number of hydrogen-bond acceptors (Lipinski definition) is 4. The average Bonchev–Trinajstić information content (AvgIpc) is 2.66. The lowest BCUT2D eigenvalue weighted by atomic mass is 10.2. The highest BCUT2D eigenvalue weighted by atomic mass is 16.4. The molecule has 6 nitrogen and oxygen atoms in total. The number of carboxylic acids is 1. The molecule has 0 saturated heterocycles. The predicted octanol–water partition coefficient (Wildman–Crippen LogP) is 0.425. The summed E-state index contributed by atoms with van der Waals surface area (Å²) in [6, 6.07) is 3.50. The highest BCUT2D eigenvalue weighted by Gasteiger charge is 2.08. The molecule has 0 aliphatic carbocycles. The molecule has 2 aromatic rings. The standard InChI is InChI=1S/C9H8N4O2/c14-8(15)5-13-6-11-12-9(13)7-1-3-10-4-2-7/h1-4,6H,5H2,(H,14,15). The molecular weight excluding hydrogens is 196 g/mol. The summed E-state index contributed by atoms with van der Waals surface area (Å²) in [6.45, 7) is -0.148. The van der Waals surface area contributed by atoms with E-state index in [1.807, 2.05) is 0 Å². The van der Waals surface area contributed by atoms with Gasteiger partial charge in [-0.25, -0.2) is 0 Å². The van der Waals surface area contributed by atoms with Gasteiger partial charge in [0.25, 0.3) is 0 Å². The first-order chi connectivity index (χ1) is 7.27. The molecule has 0 aliphatic rings. The quantitative estimate of drug-likeness (QED) is 0.783. The van der Waals surface area contributed by atoms with Gasteiger partial charge in [0.2, 0.25) is 0 Å². The fraction of sp³-hybridized carbons (Fsp3) is 0.111. The average molecular weight is 204 g/mol. The van der Waals surface area contributed by atoms with E-state index in [1.54, 1.807) is 24.5 Å². The van der Waals surface area contributed by atoms with Crippen LogP contribution in [0.1, 0.15) is 0 Å². The van der Waals surface area contributed by atoms with Crippen molar-refractivity contribution in [3.8, 4) is 11.4 Å². The van der Waals surface area contributed by atoms with Crippen LogP contribution < -0.4 is 0 Å². The Morgan fingerprint density at radius 1 is 1.40 bits per heavy atom. The lowest BCUT2D eigenvalue weighted by Gasteiger charge is -2.02. The Balaban J connectivity index is 2.37. The Labute approximate surface area is 85.2 Å². The third-order valence-electron chi connectivity index (χ3n) is 1.86. The van der Waals surface area contributed by atoms with Crippen LogP contribution in [0.2, 0.25) is 0 Å². The van der Waals surface area contributed by atoms with Gasteiger partial charge in [-0.15, -0.1) is 10.2 Å². The molecule has 0 bridgehead atoms. The molecule has 2 aromatic heterocycles. The smallest absolute Gasteiger partial charge is 0.323 e. The van der Waals surface area contributed by atoms with Gasteiger partial charge in [-0.3, -0.25) is 9.78 Å². The van der Waals surface area contributed by atoms with Gasteiger partial charge in [0.15, 0.2) is 5.82 Å². The maximum Gasteiger partial charge on any atom is 0.323 e. The van der Waals surface area contributed by atoms with Crippen LogP contribution >= 0.6 is 0 Å². The Morgan fingerprint density at radius 2 is 2.13 bits per heavy atom. The van der Waals surface area contributed by atoms with Gasteiger partial charge in [0, 0.05) is 18.0 Å². The number of pyridine rings is 1. The van der Waals surface area contributed by atoms with Crippen molar-refractivity contribution < 1.29 is 9.90 Å². The van der Waals surface area contributed by atoms with Crippen molar-refractivity contribution in [1.29, 1.82) is 0 Å². The summed E-state index contributed by atoms with van der Waals surface area (Å²) in [5.41, 5.74) is 0.795. The molecule has 0 amide bonds. The molecule has 2 rings (SSSR count). The molecule has 0 atom stereocenters. The monoisotopic (exact) mass is 204 g/mol. The van der Waals surface area contributed by atoms with Crippen LogP contribution in [0.25, 0.3) is 11.4 Å². The molecule has 6 heteroatoms. The maximum atomic E-state index is 10.6. The highest BCUT2D eigenvalue weighted by Crippen LogP contribution is 2.14. The molecule has 1 N–H and O–H groups in total. The molecule has 15 heavy (non-hydrogen) atoms. The number of aromatic nitrogens is 4. The van der Waals surface area contributed by atoms with Gasteiger partial charge in [-0.2, -0.15) is 0 Å². The Hall–Kier alpha value is -2.24. The summed E-state index contributed by atoms with van der Waals surface area (Å²) < 4.78 is 1.47. The van der Waals surface area contributed by atoms with Crippen LogP contribution in [0, 0.1) is 0 Å². The molecular formula is C9H8N4O2. The fourth-order valence-electron chi connectivity index (χ4n) is 1.24. The van der Waals surface area contributed by atoms with Crippen LogP contribution in [0.5, 0.6) is 0 Å². The van der Waals surface area contributed by atoms with Gasteiger partial charge < -0.3 is 9.67 Å². The van der Waals surface area contributed by atoms with Crippen molar-refractivity contribution in [2.45, 2.75) is 6.54 Å². The van der Waals surface area contributed by atoms with Gasteiger partial charge >= 0.3 is 5.97 Å². The van der Waals surface area contributed by atoms with E-state index in [1.165, 1.54) is 10.9 Å². The zero-order valence-electron chi connectivity index (χ0n) is 7.74. The minimum Gasteiger partial charge on any atom is -0.480 e. The lowest BCUT2D eigenvalue weighted by Crippen LogP contribution is -2.09. The second kappa shape index (κ2) is 3.87. The van der Waals surface area contributed by atoms with Crippen molar-refractivity contribution in [1.82, 2.24) is 19.7 Å². The highest BCUT2D eigenvalue weighted by molar-refractivity contribution is 5.67. The summed E-state index contributed by atoms with van der Waals surface area (Å²) in [5.74, 6) is -0.398. The topological polar surface area (TPSA) is 80.9 Å². The maximum absolute atomic E-state index is 10.6. The molecule has 0 saturated carbocycles. The summed E-state index contributed by atoms with van der Waals surface area (Å²) in [6.07, 6.45) is 4.63. The molecule has 0 fully saturated rings. The number of hydrogen-bond donors (Lipinski definition) is 1. The Morgan fingerprint density at radius 3 is 2.80 bits per heavy atom. The van der Waals surface area contributed by atoms with E-state index in [0.29, 0.717) is 5.82 Å². The molecule has 0 radical (unpaired) electrons. The number of nitrogens with zero attached hydrogens (tertiary/aromatic N) is 4. The first-order valence-corrected chi connectivity index (χ1v) is 4.27. The minimum absolute atomic E-state index is 0.148. The molecule has 0 aliphatic heterocycles. The molecule has 76 valence electrons. The van der Waals surface area contributed by atoms with E-state index in [9.17, 15) is 4.79 Å². The minimum atomic E-state index is -0.926. The van der Waals surface area contributed by atoms with E-state index in [4.69, 9.17) is 5.11 Å². The molecule has 0 aromatic carbocycles. The first-order valence-electron chi connectivity index (χ1n) is 4.27. The number of rotatable bonds is 3. The number of carbonyl (C=O) groups is 1. The first kappa shape index (κ1) is 9.32. The van der Waals surface area contributed by atoms with Gasteiger partial charge in [-0.05, 0) is 12.1 Å².